The zero-order valence-corrected chi connectivity index (χ0v) is 15.2. The lowest BCUT2D eigenvalue weighted by atomic mass is 9.95. The third kappa shape index (κ3) is 3.64. The predicted octanol–water partition coefficient (Wildman–Crippen LogP) is 4.00. The molecule has 1 amide bonds. The largest absolute Gasteiger partial charge is 0.366 e. The Morgan fingerprint density at radius 2 is 1.75 bits per heavy atom. The molecular weight excluding hydrogens is 356 g/mol. The standard InChI is InChI=1S/C21H20N4O3/c26-21(23-20-10-9-15-5-1-2-6-17(15)22-20)16-11-13-24(14-12-16)18-7-3-4-8-19(18)25(27)28/h1-10,16H,11-14H2,(H,22,23,26). The summed E-state index contributed by atoms with van der Waals surface area (Å²) < 4.78 is 0. The fraction of sp³-hybridized carbons (Fsp3) is 0.238. The van der Waals surface area contributed by atoms with Crippen LogP contribution < -0.4 is 10.2 Å². The normalized spacial score (nSPS) is 14.8. The van der Waals surface area contributed by atoms with Gasteiger partial charge in [0.15, 0.2) is 0 Å². The first-order valence-corrected chi connectivity index (χ1v) is 9.27. The zero-order chi connectivity index (χ0) is 19.5. The number of aromatic nitrogens is 1. The summed E-state index contributed by atoms with van der Waals surface area (Å²) in [6.45, 7) is 1.21. The first kappa shape index (κ1) is 17.9. The van der Waals surface area contributed by atoms with Gasteiger partial charge in [0.2, 0.25) is 5.91 Å². The number of nitrogens with one attached hydrogen (secondary N) is 1. The molecule has 0 atom stereocenters. The molecule has 2 aromatic carbocycles. The number of carbonyl (C=O) groups excluding carboxylic acids is 1. The molecular formula is C21H20N4O3. The van der Waals surface area contributed by atoms with Crippen LogP contribution in [0.3, 0.4) is 0 Å². The quantitative estimate of drug-likeness (QED) is 0.549. The minimum absolute atomic E-state index is 0.0509. The van der Waals surface area contributed by atoms with Gasteiger partial charge in [0.1, 0.15) is 11.5 Å². The summed E-state index contributed by atoms with van der Waals surface area (Å²) in [7, 11) is 0. The van der Waals surface area contributed by atoms with E-state index in [1.807, 2.05) is 41.3 Å². The second kappa shape index (κ2) is 7.64. The molecule has 1 aliphatic rings. The van der Waals surface area contributed by atoms with E-state index >= 15 is 0 Å². The summed E-state index contributed by atoms with van der Waals surface area (Å²) in [5.74, 6) is 0.363. The number of nitrogens with zero attached hydrogens (tertiary/aromatic N) is 3. The highest BCUT2D eigenvalue weighted by Crippen LogP contribution is 2.31. The summed E-state index contributed by atoms with van der Waals surface area (Å²) in [4.78, 5) is 30.0. The van der Waals surface area contributed by atoms with Gasteiger partial charge in [-0.15, -0.1) is 0 Å². The summed E-state index contributed by atoms with van der Waals surface area (Å²) >= 11 is 0. The summed E-state index contributed by atoms with van der Waals surface area (Å²) in [5, 5.41) is 15.2. The van der Waals surface area contributed by atoms with Gasteiger partial charge in [-0.25, -0.2) is 4.98 Å². The molecule has 1 fully saturated rings. The number of pyridine rings is 1. The Bertz CT molecular complexity index is 1030. The van der Waals surface area contributed by atoms with Crippen molar-refractivity contribution in [3.05, 3.63) is 70.8 Å². The van der Waals surface area contributed by atoms with E-state index in [0.717, 1.165) is 10.9 Å². The van der Waals surface area contributed by atoms with Crippen LogP contribution in [0.15, 0.2) is 60.7 Å². The SMILES string of the molecule is O=C(Nc1ccc2ccccc2n1)C1CCN(c2ccccc2[N+](=O)[O-])CC1. The Kier molecular flexibility index (Phi) is 4.89. The maximum absolute atomic E-state index is 12.6. The fourth-order valence-electron chi connectivity index (χ4n) is 3.63. The number of anilines is 2. The minimum Gasteiger partial charge on any atom is -0.366 e. The number of fused-ring (bicyclic) bond motifs is 1. The topological polar surface area (TPSA) is 88.4 Å². The van der Waals surface area contributed by atoms with E-state index in [1.54, 1.807) is 18.2 Å². The van der Waals surface area contributed by atoms with Crippen LogP contribution in [0.5, 0.6) is 0 Å². The average molecular weight is 376 g/mol. The number of para-hydroxylation sites is 3. The molecule has 3 aromatic rings. The van der Waals surface area contributed by atoms with Crippen molar-refractivity contribution >= 4 is 34.0 Å². The van der Waals surface area contributed by atoms with E-state index in [0.29, 0.717) is 37.4 Å². The number of nitro groups is 1. The summed E-state index contributed by atoms with van der Waals surface area (Å²) in [6, 6.07) is 18.2. The maximum atomic E-state index is 12.6. The molecule has 7 nitrogen and oxygen atoms in total. The van der Waals surface area contributed by atoms with Crippen molar-refractivity contribution in [3.63, 3.8) is 0 Å². The first-order chi connectivity index (χ1) is 13.6. The van der Waals surface area contributed by atoms with Gasteiger partial charge in [0.05, 0.1) is 10.4 Å². The Hall–Kier alpha value is -3.48. The number of nitro benzene ring substituents is 1. The van der Waals surface area contributed by atoms with Gasteiger partial charge in [-0.1, -0.05) is 30.3 Å². The fourth-order valence-corrected chi connectivity index (χ4v) is 3.63. The second-order valence-electron chi connectivity index (χ2n) is 6.89. The number of carbonyl (C=O) groups is 1. The first-order valence-electron chi connectivity index (χ1n) is 9.27. The number of amides is 1. The van der Waals surface area contributed by atoms with Gasteiger partial charge in [-0.05, 0) is 37.1 Å². The molecule has 0 saturated carbocycles. The number of hydrogen-bond acceptors (Lipinski definition) is 5. The number of piperidine rings is 1. The molecule has 1 aromatic heterocycles. The lowest BCUT2D eigenvalue weighted by molar-refractivity contribution is -0.384. The summed E-state index contributed by atoms with van der Waals surface area (Å²) in [6.07, 6.45) is 1.29. The van der Waals surface area contributed by atoms with E-state index in [1.165, 1.54) is 6.07 Å². The van der Waals surface area contributed by atoms with Gasteiger partial charge in [0, 0.05) is 30.5 Å². The highest BCUT2D eigenvalue weighted by Gasteiger charge is 2.28. The van der Waals surface area contributed by atoms with Gasteiger partial charge in [-0.3, -0.25) is 14.9 Å². The van der Waals surface area contributed by atoms with Crippen LogP contribution in [0.1, 0.15) is 12.8 Å². The number of hydrogen-bond donors (Lipinski definition) is 1. The summed E-state index contributed by atoms with van der Waals surface area (Å²) in [5.41, 5.74) is 1.56. The smallest absolute Gasteiger partial charge is 0.292 e. The molecule has 28 heavy (non-hydrogen) atoms. The maximum Gasteiger partial charge on any atom is 0.292 e. The van der Waals surface area contributed by atoms with Crippen molar-refractivity contribution in [2.45, 2.75) is 12.8 Å². The Labute approximate surface area is 162 Å². The third-order valence-electron chi connectivity index (χ3n) is 5.13. The monoisotopic (exact) mass is 376 g/mol. The highest BCUT2D eigenvalue weighted by atomic mass is 16.6. The molecule has 1 N–H and O–H groups in total. The van der Waals surface area contributed by atoms with Crippen molar-refractivity contribution in [1.82, 2.24) is 4.98 Å². The molecule has 142 valence electrons. The molecule has 2 heterocycles. The van der Waals surface area contributed by atoms with E-state index < -0.39 is 0 Å². The highest BCUT2D eigenvalue weighted by molar-refractivity contribution is 5.93. The van der Waals surface area contributed by atoms with Crippen molar-refractivity contribution in [1.29, 1.82) is 0 Å². The van der Waals surface area contributed by atoms with E-state index in [2.05, 4.69) is 10.3 Å². The predicted molar refractivity (Wildman–Crippen MR) is 108 cm³/mol. The van der Waals surface area contributed by atoms with Crippen LogP contribution in [0.4, 0.5) is 17.2 Å². The van der Waals surface area contributed by atoms with Gasteiger partial charge < -0.3 is 10.2 Å². The zero-order valence-electron chi connectivity index (χ0n) is 15.2. The van der Waals surface area contributed by atoms with Crippen LogP contribution in [-0.2, 0) is 4.79 Å². The van der Waals surface area contributed by atoms with Crippen molar-refractivity contribution in [3.8, 4) is 0 Å². The molecule has 0 radical (unpaired) electrons. The molecule has 1 aliphatic heterocycles. The van der Waals surface area contributed by atoms with Crippen LogP contribution >= 0.6 is 0 Å². The average Bonchev–Trinajstić information content (AvgIpc) is 2.73. The van der Waals surface area contributed by atoms with Crippen LogP contribution in [0.2, 0.25) is 0 Å². The molecule has 4 rings (SSSR count). The van der Waals surface area contributed by atoms with Crippen LogP contribution in [0, 0.1) is 16.0 Å². The Morgan fingerprint density at radius 1 is 1.04 bits per heavy atom. The lowest BCUT2D eigenvalue weighted by Crippen LogP contribution is -2.38. The lowest BCUT2D eigenvalue weighted by Gasteiger charge is -2.32. The molecule has 7 heteroatoms. The van der Waals surface area contributed by atoms with E-state index in [9.17, 15) is 14.9 Å². The van der Waals surface area contributed by atoms with Crippen LogP contribution in [-0.4, -0.2) is 28.9 Å². The van der Waals surface area contributed by atoms with E-state index in [-0.39, 0.29) is 22.4 Å². The Morgan fingerprint density at radius 3 is 2.54 bits per heavy atom. The molecule has 0 aliphatic carbocycles. The third-order valence-corrected chi connectivity index (χ3v) is 5.13. The van der Waals surface area contributed by atoms with Crippen molar-refractivity contribution in [2.75, 3.05) is 23.3 Å². The molecule has 0 unspecified atom stereocenters. The van der Waals surface area contributed by atoms with Gasteiger partial charge in [0.25, 0.3) is 5.69 Å². The molecule has 1 saturated heterocycles. The number of rotatable bonds is 4. The van der Waals surface area contributed by atoms with E-state index in [4.69, 9.17) is 0 Å². The van der Waals surface area contributed by atoms with Gasteiger partial charge in [-0.2, -0.15) is 0 Å². The molecule has 0 bridgehead atoms. The van der Waals surface area contributed by atoms with Crippen LogP contribution in [0.25, 0.3) is 10.9 Å². The van der Waals surface area contributed by atoms with Crippen molar-refractivity contribution < 1.29 is 9.72 Å². The Balaban J connectivity index is 1.40. The van der Waals surface area contributed by atoms with Crippen molar-refractivity contribution in [2.24, 2.45) is 5.92 Å². The second-order valence-corrected chi connectivity index (χ2v) is 6.89. The number of benzene rings is 2. The minimum atomic E-state index is -0.362. The molecule has 0 spiro atoms. The van der Waals surface area contributed by atoms with Gasteiger partial charge >= 0.3 is 0 Å².